The second kappa shape index (κ2) is 5.53. The monoisotopic (exact) mass is 355 g/mol. The molecule has 5 rings (SSSR count). The molecule has 1 spiro atoms. The van der Waals surface area contributed by atoms with E-state index in [2.05, 4.69) is 22.2 Å². The van der Waals surface area contributed by atoms with E-state index >= 15 is 0 Å². The Morgan fingerprint density at radius 3 is 3.15 bits per heavy atom. The number of nitrogens with two attached hydrogens (primary N) is 1. The third kappa shape index (κ3) is 2.26. The van der Waals surface area contributed by atoms with Crippen molar-refractivity contribution < 1.29 is 9.47 Å². The SMILES string of the molecule is CO/C1=C/C(=C\N)Nc2ncc3c(n2)N(C)[C@H](CO3)C2CC23CCC1C3. The molecule has 2 fully saturated rings. The Balaban J connectivity index is 1.60. The Morgan fingerprint density at radius 1 is 1.46 bits per heavy atom. The van der Waals surface area contributed by atoms with Crippen molar-refractivity contribution in [3.05, 3.63) is 29.9 Å². The zero-order valence-electron chi connectivity index (χ0n) is 15.2. The van der Waals surface area contributed by atoms with Gasteiger partial charge < -0.3 is 25.4 Å². The predicted octanol–water partition coefficient (Wildman–Crippen LogP) is 2.24. The molecule has 138 valence electrons. The van der Waals surface area contributed by atoms with Crippen molar-refractivity contribution in [3.8, 4) is 5.75 Å². The first-order valence-electron chi connectivity index (χ1n) is 9.31. The first-order chi connectivity index (χ1) is 12.6. The molecule has 26 heavy (non-hydrogen) atoms. The van der Waals surface area contributed by atoms with Gasteiger partial charge >= 0.3 is 0 Å². The van der Waals surface area contributed by atoms with E-state index in [1.165, 1.54) is 31.9 Å². The fourth-order valence-corrected chi connectivity index (χ4v) is 5.20. The molecule has 4 aliphatic rings. The van der Waals surface area contributed by atoms with Gasteiger partial charge in [-0.15, -0.1) is 0 Å². The highest BCUT2D eigenvalue weighted by molar-refractivity contribution is 5.58. The molecule has 2 saturated carbocycles. The summed E-state index contributed by atoms with van der Waals surface area (Å²) >= 11 is 0. The summed E-state index contributed by atoms with van der Waals surface area (Å²) in [7, 11) is 3.87. The van der Waals surface area contributed by atoms with Crippen molar-refractivity contribution >= 4 is 11.8 Å². The van der Waals surface area contributed by atoms with E-state index < -0.39 is 0 Å². The van der Waals surface area contributed by atoms with Crippen LogP contribution in [0, 0.1) is 17.3 Å². The van der Waals surface area contributed by atoms with Crippen LogP contribution in [-0.4, -0.2) is 36.8 Å². The summed E-state index contributed by atoms with van der Waals surface area (Å²) in [6, 6.07) is 0.365. The van der Waals surface area contributed by atoms with E-state index in [-0.39, 0.29) is 0 Å². The lowest BCUT2D eigenvalue weighted by molar-refractivity contribution is 0.225. The standard InChI is InChI=1S/C19H25N5O2/c1-24-14-10-26-16-9-21-18(23-17(16)24)22-12(8-20)5-15(25-2)11-3-4-19(6-11)7-13(14)19/h5,8-9,11,13-14H,3-4,6-7,10,20H2,1-2H3,(H,21,22,23)/b12-8+,15-5+/t11?,13?,14-,19?/m1/s1. The quantitative estimate of drug-likeness (QED) is 0.799. The van der Waals surface area contributed by atoms with Gasteiger partial charge in [-0.3, -0.25) is 0 Å². The fourth-order valence-electron chi connectivity index (χ4n) is 5.20. The van der Waals surface area contributed by atoms with Crippen molar-refractivity contribution in [1.29, 1.82) is 0 Å². The number of ether oxygens (including phenoxy) is 2. The molecular weight excluding hydrogens is 330 g/mol. The van der Waals surface area contributed by atoms with Crippen molar-refractivity contribution in [2.75, 3.05) is 31.0 Å². The van der Waals surface area contributed by atoms with Crippen LogP contribution in [0.25, 0.3) is 0 Å². The highest BCUT2D eigenvalue weighted by Crippen LogP contribution is 2.67. The van der Waals surface area contributed by atoms with Crippen LogP contribution >= 0.6 is 0 Å². The Labute approximate surface area is 153 Å². The number of nitrogens with zero attached hydrogens (tertiary/aromatic N) is 3. The van der Waals surface area contributed by atoms with Crippen LogP contribution in [0.15, 0.2) is 29.9 Å². The van der Waals surface area contributed by atoms with Gasteiger partial charge in [-0.1, -0.05) is 0 Å². The third-order valence-electron chi connectivity index (χ3n) is 6.71. The van der Waals surface area contributed by atoms with Crippen LogP contribution in [0.4, 0.5) is 11.8 Å². The number of allylic oxidation sites excluding steroid dienone is 2. The van der Waals surface area contributed by atoms with Crippen LogP contribution in [0.3, 0.4) is 0 Å². The lowest BCUT2D eigenvalue weighted by atomic mass is 9.94. The molecule has 7 heteroatoms. The van der Waals surface area contributed by atoms with Gasteiger partial charge in [-0.05, 0) is 37.0 Å². The molecule has 5 bridgehead atoms. The molecule has 3 heterocycles. The normalized spacial score (nSPS) is 38.1. The molecular formula is C19H25N5O2. The highest BCUT2D eigenvalue weighted by Gasteiger charge is 2.62. The van der Waals surface area contributed by atoms with Crippen LogP contribution in [-0.2, 0) is 4.74 Å². The maximum absolute atomic E-state index is 6.01. The first kappa shape index (κ1) is 15.8. The second-order valence-electron chi connectivity index (χ2n) is 7.98. The Hall–Kier alpha value is -2.44. The van der Waals surface area contributed by atoms with Crippen molar-refractivity contribution in [1.82, 2.24) is 9.97 Å². The average molecular weight is 355 g/mol. The van der Waals surface area contributed by atoms with E-state index in [0.29, 0.717) is 35.8 Å². The molecule has 1 aromatic heterocycles. The first-order valence-corrected chi connectivity index (χ1v) is 9.31. The number of anilines is 2. The molecule has 3 unspecified atom stereocenters. The third-order valence-corrected chi connectivity index (χ3v) is 6.71. The summed E-state index contributed by atoms with van der Waals surface area (Å²) in [5.41, 5.74) is 7.01. The van der Waals surface area contributed by atoms with Gasteiger partial charge in [-0.2, -0.15) is 4.98 Å². The number of methoxy groups -OCH3 is 1. The minimum Gasteiger partial charge on any atom is -0.501 e. The molecule has 3 N–H and O–H groups in total. The topological polar surface area (TPSA) is 85.5 Å². The largest absolute Gasteiger partial charge is 0.501 e. The smallest absolute Gasteiger partial charge is 0.229 e. The molecule has 2 aliphatic heterocycles. The van der Waals surface area contributed by atoms with Gasteiger partial charge in [0.15, 0.2) is 11.6 Å². The number of aromatic nitrogens is 2. The Kier molecular flexibility index (Phi) is 3.36. The number of rotatable bonds is 1. The van der Waals surface area contributed by atoms with Crippen LogP contribution in [0.5, 0.6) is 5.75 Å². The van der Waals surface area contributed by atoms with Crippen LogP contribution in [0.1, 0.15) is 25.7 Å². The molecule has 7 nitrogen and oxygen atoms in total. The fraction of sp³-hybridized carbons (Fsp3) is 0.579. The molecule has 0 aromatic carbocycles. The Morgan fingerprint density at radius 2 is 2.35 bits per heavy atom. The molecule has 0 amide bonds. The zero-order valence-corrected chi connectivity index (χ0v) is 15.2. The minimum absolute atomic E-state index is 0.365. The van der Waals surface area contributed by atoms with Crippen molar-refractivity contribution in [2.45, 2.75) is 31.7 Å². The summed E-state index contributed by atoms with van der Waals surface area (Å²) in [6.07, 6.45) is 10.1. The van der Waals surface area contributed by atoms with E-state index in [1.54, 1.807) is 13.3 Å². The summed E-state index contributed by atoms with van der Waals surface area (Å²) in [4.78, 5) is 11.4. The number of fused-ring (bicyclic) bond motifs is 4. The number of hydrogen-bond donors (Lipinski definition) is 2. The lowest BCUT2D eigenvalue weighted by Crippen LogP contribution is -2.43. The molecule has 1 aromatic rings. The van der Waals surface area contributed by atoms with E-state index in [4.69, 9.17) is 20.2 Å². The second-order valence-corrected chi connectivity index (χ2v) is 7.98. The predicted molar refractivity (Wildman–Crippen MR) is 98.6 cm³/mol. The highest BCUT2D eigenvalue weighted by atomic mass is 16.5. The molecule has 4 atom stereocenters. The van der Waals surface area contributed by atoms with Gasteiger partial charge in [-0.25, -0.2) is 4.98 Å². The maximum atomic E-state index is 6.01. The van der Waals surface area contributed by atoms with E-state index in [1.807, 2.05) is 6.08 Å². The number of likely N-dealkylation sites (N-methyl/N-ethyl adjacent to an activating group) is 1. The van der Waals surface area contributed by atoms with Gasteiger partial charge in [0.1, 0.15) is 12.4 Å². The lowest BCUT2D eigenvalue weighted by Gasteiger charge is -2.36. The number of hydrogen-bond acceptors (Lipinski definition) is 7. The minimum atomic E-state index is 0.365. The molecule has 0 saturated heterocycles. The summed E-state index contributed by atoms with van der Waals surface area (Å²) < 4.78 is 11.8. The van der Waals surface area contributed by atoms with Crippen LogP contribution < -0.4 is 20.7 Å². The van der Waals surface area contributed by atoms with Crippen molar-refractivity contribution in [2.24, 2.45) is 23.0 Å². The summed E-state index contributed by atoms with van der Waals surface area (Å²) in [5.74, 6) is 4.19. The van der Waals surface area contributed by atoms with E-state index in [0.717, 1.165) is 23.0 Å². The van der Waals surface area contributed by atoms with Gasteiger partial charge in [0.25, 0.3) is 0 Å². The molecule has 0 radical (unpaired) electrons. The Bertz CT molecular complexity index is 807. The van der Waals surface area contributed by atoms with Crippen molar-refractivity contribution in [3.63, 3.8) is 0 Å². The number of nitrogens with one attached hydrogen (secondary N) is 1. The summed E-state index contributed by atoms with van der Waals surface area (Å²) in [6.45, 7) is 0.706. The molecule has 2 aliphatic carbocycles. The zero-order chi connectivity index (χ0) is 17.9. The van der Waals surface area contributed by atoms with Gasteiger partial charge in [0.2, 0.25) is 5.95 Å². The average Bonchev–Trinajstić information content (AvgIpc) is 3.17. The van der Waals surface area contributed by atoms with Crippen LogP contribution in [0.2, 0.25) is 0 Å². The maximum Gasteiger partial charge on any atom is 0.229 e. The summed E-state index contributed by atoms with van der Waals surface area (Å²) in [5, 5.41) is 3.21. The van der Waals surface area contributed by atoms with Gasteiger partial charge in [0, 0.05) is 25.2 Å². The van der Waals surface area contributed by atoms with Gasteiger partial charge in [0.05, 0.1) is 25.0 Å². The van der Waals surface area contributed by atoms with E-state index in [9.17, 15) is 0 Å².